The number of hydrogen-bond acceptors (Lipinski definition) is 7. The summed E-state index contributed by atoms with van der Waals surface area (Å²) in [7, 11) is 2.67. The van der Waals surface area contributed by atoms with Crippen molar-refractivity contribution in [2.24, 2.45) is 0 Å². The van der Waals surface area contributed by atoms with Crippen LogP contribution < -0.4 is 20.1 Å². The number of anilines is 2. The van der Waals surface area contributed by atoms with Crippen molar-refractivity contribution < 1.29 is 41.9 Å². The van der Waals surface area contributed by atoms with Crippen molar-refractivity contribution in [3.8, 4) is 11.5 Å². The van der Waals surface area contributed by atoms with Crippen LogP contribution in [0.5, 0.6) is 11.5 Å². The molecule has 2 N–H and O–H groups in total. The van der Waals surface area contributed by atoms with Crippen LogP contribution in [0.25, 0.3) is 0 Å². The normalized spacial score (nSPS) is 11.0. The molecule has 0 radical (unpaired) electrons. The minimum Gasteiger partial charge on any atom is -0.493 e. The minimum absolute atomic E-state index is 0.0204. The highest BCUT2D eigenvalue weighted by atomic mass is 19.4. The number of nitro groups is 1. The Hall–Kier alpha value is -3.87. The van der Waals surface area contributed by atoms with Gasteiger partial charge in [0.2, 0.25) is 5.91 Å². The first-order chi connectivity index (χ1) is 15.5. The molecule has 178 valence electrons. The minimum atomic E-state index is -4.73. The summed E-state index contributed by atoms with van der Waals surface area (Å²) in [6, 6.07) is 4.28. The van der Waals surface area contributed by atoms with Crippen LogP contribution in [0.3, 0.4) is 0 Å². The zero-order valence-corrected chi connectivity index (χ0v) is 17.7. The van der Waals surface area contributed by atoms with Crippen molar-refractivity contribution >= 4 is 28.9 Å². The first-order valence-electron chi connectivity index (χ1n) is 9.26. The van der Waals surface area contributed by atoms with Gasteiger partial charge in [0, 0.05) is 20.1 Å². The molecule has 2 rings (SSSR count). The Kier molecular flexibility index (Phi) is 8.18. The Balaban J connectivity index is 2.50. The topological polar surface area (TPSA) is 129 Å². The average Bonchev–Trinajstić information content (AvgIpc) is 2.73. The van der Waals surface area contributed by atoms with Gasteiger partial charge in [0.05, 0.1) is 41.6 Å². The molecule has 0 spiro atoms. The lowest BCUT2D eigenvalue weighted by molar-refractivity contribution is -0.385. The van der Waals surface area contributed by atoms with Crippen LogP contribution in [0.1, 0.15) is 22.8 Å². The third-order valence-corrected chi connectivity index (χ3v) is 4.17. The number of hydrogen-bond donors (Lipinski definition) is 2. The van der Waals surface area contributed by atoms with Gasteiger partial charge >= 0.3 is 6.18 Å². The van der Waals surface area contributed by atoms with Gasteiger partial charge in [-0.05, 0) is 18.2 Å². The van der Waals surface area contributed by atoms with Crippen molar-refractivity contribution in [1.82, 2.24) is 0 Å². The van der Waals surface area contributed by atoms with Crippen LogP contribution in [0.15, 0.2) is 30.3 Å². The van der Waals surface area contributed by atoms with Crippen LogP contribution in [-0.4, -0.2) is 44.2 Å². The summed E-state index contributed by atoms with van der Waals surface area (Å²) < 4.78 is 54.7. The number of benzene rings is 2. The monoisotopic (exact) mass is 471 g/mol. The number of rotatable bonds is 9. The molecule has 0 aliphatic heterocycles. The number of nitrogens with one attached hydrogen (secondary N) is 2. The van der Waals surface area contributed by atoms with Crippen LogP contribution >= 0.6 is 0 Å². The number of carbonyl (C=O) groups is 2. The molecular weight excluding hydrogens is 451 g/mol. The number of nitrogens with zero attached hydrogens (tertiary/aromatic N) is 1. The van der Waals surface area contributed by atoms with Crippen molar-refractivity contribution in [3.05, 3.63) is 51.6 Å². The molecule has 10 nitrogen and oxygen atoms in total. The van der Waals surface area contributed by atoms with Gasteiger partial charge in [-0.15, -0.1) is 0 Å². The summed E-state index contributed by atoms with van der Waals surface area (Å²) in [4.78, 5) is 35.0. The molecule has 33 heavy (non-hydrogen) atoms. The van der Waals surface area contributed by atoms with E-state index in [0.717, 1.165) is 31.2 Å². The highest BCUT2D eigenvalue weighted by molar-refractivity contribution is 6.09. The number of carbonyl (C=O) groups excluding carboxylic acids is 2. The maximum atomic E-state index is 13.1. The number of nitro benzene ring substituents is 1. The SMILES string of the molecule is COCCOc1cc([N+](=O)[O-])c(C(=O)Nc2cc(C(F)(F)F)ccc2NC(C)=O)cc1OC. The quantitative estimate of drug-likeness (QED) is 0.323. The Bertz CT molecular complexity index is 1060. The van der Waals surface area contributed by atoms with Crippen LogP contribution in [-0.2, 0) is 15.7 Å². The van der Waals surface area contributed by atoms with Crippen molar-refractivity contribution in [1.29, 1.82) is 0 Å². The molecule has 0 aliphatic rings. The van der Waals surface area contributed by atoms with Gasteiger partial charge in [-0.3, -0.25) is 19.7 Å². The van der Waals surface area contributed by atoms with Gasteiger partial charge in [-0.1, -0.05) is 0 Å². The fourth-order valence-corrected chi connectivity index (χ4v) is 2.70. The molecule has 0 aromatic heterocycles. The van der Waals surface area contributed by atoms with E-state index in [2.05, 4.69) is 10.6 Å². The highest BCUT2D eigenvalue weighted by Gasteiger charge is 2.32. The van der Waals surface area contributed by atoms with Crippen LogP contribution in [0, 0.1) is 10.1 Å². The Morgan fingerprint density at radius 1 is 1.03 bits per heavy atom. The lowest BCUT2D eigenvalue weighted by Crippen LogP contribution is -2.18. The molecule has 0 saturated heterocycles. The van der Waals surface area contributed by atoms with E-state index in [4.69, 9.17) is 14.2 Å². The van der Waals surface area contributed by atoms with Gasteiger partial charge < -0.3 is 24.8 Å². The number of methoxy groups -OCH3 is 2. The molecular formula is C20H20F3N3O7. The smallest absolute Gasteiger partial charge is 0.416 e. The summed E-state index contributed by atoms with van der Waals surface area (Å²) in [6.45, 7) is 1.35. The van der Waals surface area contributed by atoms with E-state index in [-0.39, 0.29) is 30.4 Å². The maximum absolute atomic E-state index is 13.1. The molecule has 0 heterocycles. The summed E-state index contributed by atoms with van der Waals surface area (Å²) in [5.74, 6) is -1.76. The molecule has 0 fully saturated rings. The maximum Gasteiger partial charge on any atom is 0.416 e. The predicted octanol–water partition coefficient (Wildman–Crippen LogP) is 3.86. The summed E-state index contributed by atoms with van der Waals surface area (Å²) >= 11 is 0. The van der Waals surface area contributed by atoms with E-state index in [9.17, 15) is 32.9 Å². The molecule has 2 aromatic rings. The van der Waals surface area contributed by atoms with E-state index < -0.39 is 45.4 Å². The first kappa shape index (κ1) is 25.4. The number of amides is 2. The molecule has 2 aromatic carbocycles. The van der Waals surface area contributed by atoms with E-state index in [1.165, 1.54) is 14.2 Å². The van der Waals surface area contributed by atoms with Gasteiger partial charge in [-0.25, -0.2) is 0 Å². The average molecular weight is 471 g/mol. The van der Waals surface area contributed by atoms with Gasteiger partial charge in [0.1, 0.15) is 12.2 Å². The zero-order valence-electron chi connectivity index (χ0n) is 17.7. The van der Waals surface area contributed by atoms with Gasteiger partial charge in [-0.2, -0.15) is 13.2 Å². The van der Waals surface area contributed by atoms with E-state index in [1.807, 2.05) is 0 Å². The molecule has 0 saturated carbocycles. The van der Waals surface area contributed by atoms with Crippen molar-refractivity contribution in [2.45, 2.75) is 13.1 Å². The molecule has 0 aliphatic carbocycles. The summed E-state index contributed by atoms with van der Waals surface area (Å²) in [5, 5.41) is 16.0. The Morgan fingerprint density at radius 3 is 2.27 bits per heavy atom. The molecule has 13 heteroatoms. The van der Waals surface area contributed by atoms with Gasteiger partial charge in [0.25, 0.3) is 11.6 Å². The predicted molar refractivity (Wildman–Crippen MR) is 111 cm³/mol. The Labute approximate surface area is 185 Å². The standard InChI is InChI=1S/C20H20F3N3O7/c1-11(27)24-14-5-4-12(20(21,22)23)8-15(14)25-19(28)13-9-17(32-3)18(33-7-6-31-2)10-16(13)26(29)30/h4-5,8-10H,6-7H2,1-3H3,(H,24,27)(H,25,28). The second-order valence-electron chi connectivity index (χ2n) is 6.51. The molecule has 2 amide bonds. The highest BCUT2D eigenvalue weighted by Crippen LogP contribution is 2.37. The lowest BCUT2D eigenvalue weighted by atomic mass is 10.1. The second-order valence-corrected chi connectivity index (χ2v) is 6.51. The third-order valence-electron chi connectivity index (χ3n) is 4.17. The third kappa shape index (κ3) is 6.55. The van der Waals surface area contributed by atoms with E-state index >= 15 is 0 Å². The molecule has 0 atom stereocenters. The van der Waals surface area contributed by atoms with Crippen LogP contribution in [0.4, 0.5) is 30.2 Å². The van der Waals surface area contributed by atoms with E-state index in [1.54, 1.807) is 0 Å². The number of ether oxygens (including phenoxy) is 3. The Morgan fingerprint density at radius 2 is 1.73 bits per heavy atom. The van der Waals surface area contributed by atoms with Crippen molar-refractivity contribution in [3.63, 3.8) is 0 Å². The largest absolute Gasteiger partial charge is 0.493 e. The fraction of sp³-hybridized carbons (Fsp3) is 0.300. The lowest BCUT2D eigenvalue weighted by Gasteiger charge is -2.16. The summed E-state index contributed by atoms with van der Waals surface area (Å²) in [5.41, 5.74) is -2.80. The molecule has 0 bridgehead atoms. The molecule has 0 unspecified atom stereocenters. The van der Waals surface area contributed by atoms with E-state index in [0.29, 0.717) is 6.07 Å². The summed E-state index contributed by atoms with van der Waals surface area (Å²) in [6.07, 6.45) is -4.73. The van der Waals surface area contributed by atoms with Gasteiger partial charge in [0.15, 0.2) is 11.5 Å². The fourth-order valence-electron chi connectivity index (χ4n) is 2.70. The first-order valence-corrected chi connectivity index (χ1v) is 9.26. The zero-order chi connectivity index (χ0) is 24.8. The van der Waals surface area contributed by atoms with Crippen molar-refractivity contribution in [2.75, 3.05) is 38.1 Å². The second kappa shape index (κ2) is 10.6. The number of alkyl halides is 3. The number of halogens is 3. The van der Waals surface area contributed by atoms with Crippen LogP contribution in [0.2, 0.25) is 0 Å².